The van der Waals surface area contributed by atoms with E-state index in [-0.39, 0.29) is 34.9 Å². The van der Waals surface area contributed by atoms with Gasteiger partial charge in [-0.2, -0.15) is 22.9 Å². The lowest BCUT2D eigenvalue weighted by molar-refractivity contribution is -0.137. The summed E-state index contributed by atoms with van der Waals surface area (Å²) in [6.45, 7) is -0.366. The number of rotatable bonds is 7. The molecule has 1 aromatic heterocycles. The molecule has 1 amide bonds. The van der Waals surface area contributed by atoms with Crippen LogP contribution in [-0.4, -0.2) is 35.5 Å². The Hall–Kier alpha value is -4.19. The highest BCUT2D eigenvalue weighted by molar-refractivity contribution is 9.10. The normalized spacial score (nSPS) is 11.7. The smallest absolute Gasteiger partial charge is 0.416 e. The van der Waals surface area contributed by atoms with Gasteiger partial charge in [0.15, 0.2) is 23.9 Å². The number of nitrogens with zero attached hydrogens (tertiary/aromatic N) is 3. The van der Waals surface area contributed by atoms with Crippen LogP contribution in [0.15, 0.2) is 75.0 Å². The van der Waals surface area contributed by atoms with Crippen LogP contribution in [0.1, 0.15) is 11.1 Å². The summed E-state index contributed by atoms with van der Waals surface area (Å²) in [5.74, 6) is -0.253. The molecule has 0 spiro atoms. The van der Waals surface area contributed by atoms with E-state index < -0.39 is 23.2 Å². The Morgan fingerprint density at radius 2 is 1.89 bits per heavy atom. The zero-order valence-electron chi connectivity index (χ0n) is 19.1. The molecule has 37 heavy (non-hydrogen) atoms. The van der Waals surface area contributed by atoms with Gasteiger partial charge in [0.2, 0.25) is 0 Å². The first-order valence-corrected chi connectivity index (χ1v) is 11.4. The number of para-hydroxylation sites is 1. The molecule has 0 unspecified atom stereocenters. The van der Waals surface area contributed by atoms with Gasteiger partial charge in [0.1, 0.15) is 0 Å². The van der Waals surface area contributed by atoms with Crippen LogP contribution in [0.4, 0.5) is 13.2 Å². The van der Waals surface area contributed by atoms with E-state index >= 15 is 0 Å². The largest absolute Gasteiger partial charge is 0.493 e. The van der Waals surface area contributed by atoms with E-state index in [1.54, 1.807) is 24.3 Å². The first kappa shape index (κ1) is 25.9. The minimum absolute atomic E-state index is 0.0571. The van der Waals surface area contributed by atoms with Gasteiger partial charge < -0.3 is 15.2 Å². The Morgan fingerprint density at radius 1 is 1.14 bits per heavy atom. The van der Waals surface area contributed by atoms with Crippen molar-refractivity contribution >= 4 is 39.0 Å². The fourth-order valence-corrected chi connectivity index (χ4v) is 3.87. The number of carbonyl (C=O) groups is 1. The lowest BCUT2D eigenvalue weighted by Gasteiger charge is -2.13. The van der Waals surface area contributed by atoms with Crippen molar-refractivity contribution in [1.82, 2.24) is 9.66 Å². The fraction of sp³-hybridized carbons (Fsp3) is 0.120. The van der Waals surface area contributed by atoms with Crippen molar-refractivity contribution in [2.75, 3.05) is 13.7 Å². The number of alkyl halides is 3. The van der Waals surface area contributed by atoms with Crippen LogP contribution in [0.2, 0.25) is 0 Å². The number of hydrogen-bond acceptors (Lipinski definition) is 6. The molecule has 190 valence electrons. The van der Waals surface area contributed by atoms with Crippen molar-refractivity contribution in [3.8, 4) is 22.9 Å². The summed E-state index contributed by atoms with van der Waals surface area (Å²) in [7, 11) is 1.39. The molecule has 2 N–H and O–H groups in total. The van der Waals surface area contributed by atoms with Crippen LogP contribution in [0, 0.1) is 0 Å². The summed E-state index contributed by atoms with van der Waals surface area (Å²) < 4.78 is 52.1. The maximum atomic E-state index is 13.4. The Balaban J connectivity index is 1.86. The molecule has 3 aromatic carbocycles. The second kappa shape index (κ2) is 10.4. The highest BCUT2D eigenvalue weighted by Gasteiger charge is 2.31. The number of aromatic nitrogens is 2. The van der Waals surface area contributed by atoms with Crippen LogP contribution in [0.25, 0.3) is 22.3 Å². The van der Waals surface area contributed by atoms with Gasteiger partial charge >= 0.3 is 6.18 Å². The van der Waals surface area contributed by atoms with Gasteiger partial charge in [-0.05, 0) is 52.3 Å². The number of carbonyl (C=O) groups excluding carboxylic acids is 1. The topological polar surface area (TPSA) is 109 Å². The van der Waals surface area contributed by atoms with Gasteiger partial charge in [0.25, 0.3) is 11.5 Å². The van der Waals surface area contributed by atoms with Crippen molar-refractivity contribution in [1.29, 1.82) is 0 Å². The predicted octanol–water partition coefficient (Wildman–Crippen LogP) is 4.60. The summed E-state index contributed by atoms with van der Waals surface area (Å²) >= 11 is 3.37. The summed E-state index contributed by atoms with van der Waals surface area (Å²) in [5, 5.41) is 4.51. The maximum absolute atomic E-state index is 13.4. The van der Waals surface area contributed by atoms with E-state index in [0.717, 1.165) is 16.8 Å². The van der Waals surface area contributed by atoms with Crippen molar-refractivity contribution in [3.63, 3.8) is 0 Å². The SMILES string of the molecule is COc1cc(C=Nn2c(-c3cccc(C(F)(F)F)c3)nc3ccccc3c2=O)c(Br)cc1OCC(N)=O. The summed E-state index contributed by atoms with van der Waals surface area (Å²) in [6.07, 6.45) is -3.26. The number of ether oxygens (including phenoxy) is 2. The molecule has 8 nitrogen and oxygen atoms in total. The van der Waals surface area contributed by atoms with Crippen LogP contribution in [-0.2, 0) is 11.0 Å². The van der Waals surface area contributed by atoms with E-state index in [1.165, 1.54) is 37.6 Å². The minimum atomic E-state index is -4.58. The molecule has 0 atom stereocenters. The molecule has 0 aliphatic carbocycles. The van der Waals surface area contributed by atoms with E-state index in [2.05, 4.69) is 26.0 Å². The lowest BCUT2D eigenvalue weighted by atomic mass is 10.1. The number of hydrogen-bond donors (Lipinski definition) is 1. The molecule has 0 saturated heterocycles. The number of fused-ring (bicyclic) bond motifs is 1. The molecule has 0 saturated carbocycles. The van der Waals surface area contributed by atoms with Gasteiger partial charge in [-0.1, -0.05) is 24.3 Å². The monoisotopic (exact) mass is 574 g/mol. The van der Waals surface area contributed by atoms with Crippen LogP contribution in [0.3, 0.4) is 0 Å². The summed E-state index contributed by atoms with van der Waals surface area (Å²) in [4.78, 5) is 28.8. The van der Waals surface area contributed by atoms with Gasteiger partial charge in [-0.15, -0.1) is 0 Å². The quantitative estimate of drug-likeness (QED) is 0.324. The third-order valence-electron chi connectivity index (χ3n) is 5.17. The molecule has 4 aromatic rings. The minimum Gasteiger partial charge on any atom is -0.493 e. The average Bonchev–Trinajstić information content (AvgIpc) is 2.87. The van der Waals surface area contributed by atoms with Crippen LogP contribution >= 0.6 is 15.9 Å². The van der Waals surface area contributed by atoms with Gasteiger partial charge in [-0.25, -0.2) is 4.98 Å². The van der Waals surface area contributed by atoms with Crippen molar-refractivity contribution in [2.24, 2.45) is 10.8 Å². The van der Waals surface area contributed by atoms with E-state index in [4.69, 9.17) is 15.2 Å². The van der Waals surface area contributed by atoms with Gasteiger partial charge in [-0.3, -0.25) is 9.59 Å². The number of methoxy groups -OCH3 is 1. The second-order valence-corrected chi connectivity index (χ2v) is 8.53. The van der Waals surface area contributed by atoms with Gasteiger partial charge in [0, 0.05) is 15.6 Å². The Morgan fingerprint density at radius 3 is 2.59 bits per heavy atom. The van der Waals surface area contributed by atoms with Crippen LogP contribution < -0.4 is 20.8 Å². The number of primary amides is 1. The Bertz CT molecular complexity index is 1580. The maximum Gasteiger partial charge on any atom is 0.416 e. The third kappa shape index (κ3) is 5.64. The molecule has 0 bridgehead atoms. The zero-order chi connectivity index (χ0) is 26.7. The predicted molar refractivity (Wildman–Crippen MR) is 135 cm³/mol. The third-order valence-corrected chi connectivity index (χ3v) is 5.85. The molecular weight excluding hydrogens is 557 g/mol. The zero-order valence-corrected chi connectivity index (χ0v) is 20.7. The number of amides is 1. The first-order valence-electron chi connectivity index (χ1n) is 10.6. The number of benzene rings is 3. The molecular formula is C25H18BrF3N4O4. The molecule has 4 rings (SSSR count). The molecule has 0 radical (unpaired) electrons. The highest BCUT2D eigenvalue weighted by Crippen LogP contribution is 2.34. The fourth-order valence-electron chi connectivity index (χ4n) is 3.44. The molecule has 12 heteroatoms. The number of halogens is 4. The summed E-state index contributed by atoms with van der Waals surface area (Å²) in [5.41, 5.74) is 4.48. The van der Waals surface area contributed by atoms with Crippen LogP contribution in [0.5, 0.6) is 11.5 Å². The van der Waals surface area contributed by atoms with Crippen molar-refractivity contribution in [2.45, 2.75) is 6.18 Å². The van der Waals surface area contributed by atoms with Crippen molar-refractivity contribution in [3.05, 3.63) is 86.6 Å². The van der Waals surface area contributed by atoms with E-state index in [1.807, 2.05) is 0 Å². The van der Waals surface area contributed by atoms with Gasteiger partial charge in [0.05, 0.1) is 29.8 Å². The molecule has 1 heterocycles. The lowest BCUT2D eigenvalue weighted by Crippen LogP contribution is -2.20. The Kier molecular flexibility index (Phi) is 7.30. The molecule has 0 aliphatic heterocycles. The number of nitrogens with two attached hydrogens (primary N) is 1. The van der Waals surface area contributed by atoms with E-state index in [9.17, 15) is 22.8 Å². The Labute approximate surface area is 216 Å². The molecule has 0 fully saturated rings. The standard InChI is InChI=1S/C25H18BrF3N4O4/c1-36-20-10-15(18(26)11-21(20)37-13-22(30)34)12-31-33-23(14-5-4-6-16(9-14)25(27,28)29)32-19-8-3-2-7-17(19)24(33)35/h2-12H,13H2,1H3,(H2,30,34). The highest BCUT2D eigenvalue weighted by atomic mass is 79.9. The second-order valence-electron chi connectivity index (χ2n) is 7.67. The average molecular weight is 575 g/mol. The summed E-state index contributed by atoms with van der Waals surface area (Å²) in [6, 6.07) is 14.0. The first-order chi connectivity index (χ1) is 17.6. The molecule has 0 aliphatic rings. The van der Waals surface area contributed by atoms with E-state index in [0.29, 0.717) is 15.6 Å². The van der Waals surface area contributed by atoms with Crippen molar-refractivity contribution < 1.29 is 27.4 Å².